The summed E-state index contributed by atoms with van der Waals surface area (Å²) < 4.78 is 21.1. The van der Waals surface area contributed by atoms with E-state index in [0.29, 0.717) is 5.92 Å². The molecule has 0 atom stereocenters. The minimum Gasteiger partial charge on any atom is -0.379 e. The Kier molecular flexibility index (Phi) is 5.79. The van der Waals surface area contributed by atoms with Crippen molar-refractivity contribution in [1.29, 1.82) is 0 Å². The van der Waals surface area contributed by atoms with E-state index < -0.39 is 0 Å². The molecule has 3 heterocycles. The average Bonchev–Trinajstić information content (AvgIpc) is 3.05. The second kappa shape index (κ2) is 8.47. The van der Waals surface area contributed by atoms with Crippen LogP contribution in [0.25, 0.3) is 17.1 Å². The van der Waals surface area contributed by atoms with Crippen LogP contribution in [0.3, 0.4) is 0 Å². The van der Waals surface area contributed by atoms with Crippen LogP contribution >= 0.6 is 0 Å². The van der Waals surface area contributed by atoms with Crippen LogP contribution in [0.4, 0.5) is 4.39 Å². The van der Waals surface area contributed by atoms with E-state index in [2.05, 4.69) is 65.6 Å². The molecule has 0 N–H and O–H groups in total. The van der Waals surface area contributed by atoms with Crippen molar-refractivity contribution in [2.24, 2.45) is 0 Å². The summed E-state index contributed by atoms with van der Waals surface area (Å²) in [6.45, 7) is 10.8. The van der Waals surface area contributed by atoms with Crippen molar-refractivity contribution in [2.45, 2.75) is 33.2 Å². The van der Waals surface area contributed by atoms with E-state index in [1.54, 1.807) is 6.07 Å². The van der Waals surface area contributed by atoms with Gasteiger partial charge in [0.05, 0.1) is 25.1 Å². The van der Waals surface area contributed by atoms with Crippen molar-refractivity contribution < 1.29 is 9.13 Å². The van der Waals surface area contributed by atoms with Gasteiger partial charge in [0.1, 0.15) is 11.6 Å². The van der Waals surface area contributed by atoms with Crippen LogP contribution in [0.15, 0.2) is 48.7 Å². The Morgan fingerprint density at radius 2 is 1.79 bits per heavy atom. The van der Waals surface area contributed by atoms with Crippen LogP contribution in [-0.2, 0) is 11.3 Å². The highest BCUT2D eigenvalue weighted by atomic mass is 19.1. The Hall–Kier alpha value is -2.50. The van der Waals surface area contributed by atoms with Gasteiger partial charge in [-0.15, -0.1) is 0 Å². The minimum atomic E-state index is -0.324. The summed E-state index contributed by atoms with van der Waals surface area (Å²) in [5.74, 6) is 0.906. The van der Waals surface area contributed by atoms with Crippen LogP contribution in [0.2, 0.25) is 0 Å². The standard InChI is InChI=1S/C24H28FN3O/c1-17(2)19-4-6-20(7-5-19)23-14-21(16-27-10-12-29-13-11-27)18(3)28(23)24-9-8-22(25)15-26-24/h4-9,14-15,17H,10-13,16H2,1-3H3. The number of rotatable bonds is 5. The monoisotopic (exact) mass is 393 g/mol. The number of aromatic nitrogens is 2. The molecule has 0 radical (unpaired) electrons. The molecular formula is C24H28FN3O. The van der Waals surface area contributed by atoms with Crippen molar-refractivity contribution in [1.82, 2.24) is 14.5 Å². The molecule has 0 bridgehead atoms. The maximum atomic E-state index is 13.5. The summed E-state index contributed by atoms with van der Waals surface area (Å²) in [7, 11) is 0. The quantitative estimate of drug-likeness (QED) is 0.615. The molecule has 4 nitrogen and oxygen atoms in total. The molecule has 0 aliphatic carbocycles. The van der Waals surface area contributed by atoms with Gasteiger partial charge in [-0.2, -0.15) is 0 Å². The van der Waals surface area contributed by atoms with Crippen LogP contribution in [0, 0.1) is 12.7 Å². The van der Waals surface area contributed by atoms with E-state index in [1.807, 2.05) is 0 Å². The van der Waals surface area contributed by atoms with Gasteiger partial charge in [0.15, 0.2) is 0 Å². The van der Waals surface area contributed by atoms with Gasteiger partial charge in [0, 0.05) is 25.3 Å². The first-order chi connectivity index (χ1) is 14.0. The van der Waals surface area contributed by atoms with Crippen LogP contribution in [-0.4, -0.2) is 40.8 Å². The second-order valence-electron chi connectivity index (χ2n) is 7.98. The molecule has 152 valence electrons. The number of hydrogen-bond acceptors (Lipinski definition) is 3. The molecule has 1 fully saturated rings. The topological polar surface area (TPSA) is 30.3 Å². The molecule has 1 aromatic carbocycles. The fourth-order valence-corrected chi connectivity index (χ4v) is 3.87. The lowest BCUT2D eigenvalue weighted by Gasteiger charge is -2.26. The van der Waals surface area contributed by atoms with Gasteiger partial charge < -0.3 is 4.74 Å². The molecule has 1 aliphatic rings. The smallest absolute Gasteiger partial charge is 0.141 e. The predicted molar refractivity (Wildman–Crippen MR) is 114 cm³/mol. The van der Waals surface area contributed by atoms with E-state index in [9.17, 15) is 4.39 Å². The van der Waals surface area contributed by atoms with Crippen molar-refractivity contribution in [3.63, 3.8) is 0 Å². The SMILES string of the molecule is Cc1c(CN2CCOCC2)cc(-c2ccc(C(C)C)cc2)n1-c1ccc(F)cn1. The number of hydrogen-bond donors (Lipinski definition) is 0. The van der Waals surface area contributed by atoms with E-state index in [-0.39, 0.29) is 5.82 Å². The molecule has 2 aromatic heterocycles. The maximum Gasteiger partial charge on any atom is 0.141 e. The summed E-state index contributed by atoms with van der Waals surface area (Å²) in [4.78, 5) is 6.77. The Morgan fingerprint density at radius 1 is 1.07 bits per heavy atom. The molecule has 1 saturated heterocycles. The van der Waals surface area contributed by atoms with E-state index in [1.165, 1.54) is 23.4 Å². The molecule has 5 heteroatoms. The van der Waals surface area contributed by atoms with Crippen molar-refractivity contribution in [3.05, 3.63) is 71.3 Å². The molecule has 0 saturated carbocycles. The summed E-state index contributed by atoms with van der Waals surface area (Å²) >= 11 is 0. The number of nitrogens with zero attached hydrogens (tertiary/aromatic N) is 3. The first-order valence-electron chi connectivity index (χ1n) is 10.3. The van der Waals surface area contributed by atoms with Gasteiger partial charge in [-0.05, 0) is 47.7 Å². The van der Waals surface area contributed by atoms with Crippen LogP contribution < -0.4 is 0 Å². The van der Waals surface area contributed by atoms with Crippen LogP contribution in [0.1, 0.15) is 36.6 Å². The largest absolute Gasteiger partial charge is 0.379 e. The fourth-order valence-electron chi connectivity index (χ4n) is 3.87. The van der Waals surface area contributed by atoms with Gasteiger partial charge in [-0.25, -0.2) is 9.37 Å². The third-order valence-electron chi connectivity index (χ3n) is 5.66. The number of ether oxygens (including phenoxy) is 1. The van der Waals surface area contributed by atoms with Crippen LogP contribution in [0.5, 0.6) is 0 Å². The van der Waals surface area contributed by atoms with Crippen molar-refractivity contribution in [3.8, 4) is 17.1 Å². The normalized spacial score (nSPS) is 15.2. The zero-order valence-corrected chi connectivity index (χ0v) is 17.4. The highest BCUT2D eigenvalue weighted by molar-refractivity contribution is 5.65. The fraction of sp³-hybridized carbons (Fsp3) is 0.375. The molecule has 0 spiro atoms. The molecule has 0 amide bonds. The molecule has 1 aliphatic heterocycles. The maximum absolute atomic E-state index is 13.5. The summed E-state index contributed by atoms with van der Waals surface area (Å²) in [5, 5.41) is 0. The second-order valence-corrected chi connectivity index (χ2v) is 7.98. The van der Waals surface area contributed by atoms with Gasteiger partial charge in [-0.3, -0.25) is 9.47 Å². The van der Waals surface area contributed by atoms with Gasteiger partial charge in [0.2, 0.25) is 0 Å². The first-order valence-corrected chi connectivity index (χ1v) is 10.3. The average molecular weight is 394 g/mol. The zero-order valence-electron chi connectivity index (χ0n) is 17.4. The Bertz CT molecular complexity index is 955. The van der Waals surface area contributed by atoms with E-state index >= 15 is 0 Å². The molecular weight excluding hydrogens is 365 g/mol. The lowest BCUT2D eigenvalue weighted by molar-refractivity contribution is 0.0341. The van der Waals surface area contributed by atoms with Crippen molar-refractivity contribution >= 4 is 0 Å². The lowest BCUT2D eigenvalue weighted by Crippen LogP contribution is -2.35. The van der Waals surface area contributed by atoms with Crippen molar-refractivity contribution in [2.75, 3.05) is 26.3 Å². The van der Waals surface area contributed by atoms with Gasteiger partial charge >= 0.3 is 0 Å². The zero-order chi connectivity index (χ0) is 20.4. The van der Waals surface area contributed by atoms with Gasteiger partial charge in [-0.1, -0.05) is 38.1 Å². The third kappa shape index (κ3) is 4.26. The highest BCUT2D eigenvalue weighted by Crippen LogP contribution is 2.31. The molecule has 29 heavy (non-hydrogen) atoms. The highest BCUT2D eigenvalue weighted by Gasteiger charge is 2.19. The third-order valence-corrected chi connectivity index (χ3v) is 5.66. The minimum absolute atomic E-state index is 0.324. The number of benzene rings is 1. The van der Waals surface area contributed by atoms with E-state index in [0.717, 1.165) is 55.6 Å². The number of morpholine rings is 1. The number of pyridine rings is 1. The Labute approximate surface area is 172 Å². The Morgan fingerprint density at radius 3 is 2.41 bits per heavy atom. The first kappa shape index (κ1) is 19.8. The summed E-state index contributed by atoms with van der Waals surface area (Å²) in [6.07, 6.45) is 1.28. The predicted octanol–water partition coefficient (Wildman–Crippen LogP) is 4.94. The van der Waals surface area contributed by atoms with E-state index in [4.69, 9.17) is 4.74 Å². The summed E-state index contributed by atoms with van der Waals surface area (Å²) in [6, 6.07) is 14.2. The molecule has 0 unspecified atom stereocenters. The number of halogens is 1. The Balaban J connectivity index is 1.77. The molecule has 3 aromatic rings. The summed E-state index contributed by atoms with van der Waals surface area (Å²) in [5.41, 5.74) is 5.94. The molecule has 4 rings (SSSR count). The lowest BCUT2D eigenvalue weighted by atomic mass is 10.0. The van der Waals surface area contributed by atoms with Gasteiger partial charge in [0.25, 0.3) is 0 Å².